The van der Waals surface area contributed by atoms with Crippen LogP contribution in [-0.4, -0.2) is 0 Å². The summed E-state index contributed by atoms with van der Waals surface area (Å²) in [5, 5.41) is 0. The first-order valence-electron chi connectivity index (χ1n) is 10.0. The van der Waals surface area contributed by atoms with Crippen molar-refractivity contribution >= 4 is 10.9 Å². The highest BCUT2D eigenvalue weighted by Crippen LogP contribution is 2.31. The molecule has 1 heteroatoms. The summed E-state index contributed by atoms with van der Waals surface area (Å²) in [4.78, 5) is 3.83. The van der Waals surface area contributed by atoms with Crippen LogP contribution in [0.2, 0.25) is 0 Å². The third kappa shape index (κ3) is 14.8. The van der Waals surface area contributed by atoms with Gasteiger partial charge >= 0.3 is 0 Å². The lowest BCUT2D eigenvalue weighted by atomic mass is 10.4. The molecule has 0 N–H and O–H groups in total. The molecular formula is C25H45S+. The van der Waals surface area contributed by atoms with E-state index < -0.39 is 0 Å². The normalized spacial score (nSPS) is 12.9. The molecule has 0 fully saturated rings. The lowest BCUT2D eigenvalue weighted by molar-refractivity contribution is 1.22. The van der Waals surface area contributed by atoms with Crippen molar-refractivity contribution in [2.45, 2.75) is 75.7 Å². The van der Waals surface area contributed by atoms with E-state index in [9.17, 15) is 0 Å². The van der Waals surface area contributed by atoms with Gasteiger partial charge in [0.25, 0.3) is 0 Å². The Morgan fingerprint density at radius 2 is 1.23 bits per heavy atom. The zero-order chi connectivity index (χ0) is 21.4. The minimum absolute atomic E-state index is 0.117. The molecule has 0 aliphatic carbocycles. The zero-order valence-corrected chi connectivity index (χ0v) is 20.0. The Bertz CT molecular complexity index is 455. The Morgan fingerprint density at radius 1 is 0.769 bits per heavy atom. The smallest absolute Gasteiger partial charge is 0.0989 e. The van der Waals surface area contributed by atoms with Crippen LogP contribution in [0.1, 0.15) is 75.7 Å². The molecule has 1 atom stereocenters. The molecule has 150 valence electrons. The molecule has 0 amide bonds. The monoisotopic (exact) mass is 377 g/mol. The average Bonchev–Trinajstić information content (AvgIpc) is 2.71. The first kappa shape index (κ1) is 32.2. The second-order valence-corrected chi connectivity index (χ2v) is 6.05. The number of allylic oxidation sites excluding steroid dienone is 9. The van der Waals surface area contributed by atoms with E-state index in [4.69, 9.17) is 0 Å². The van der Waals surface area contributed by atoms with Gasteiger partial charge in [-0.15, -0.1) is 0 Å². The molecule has 0 heterocycles. The lowest BCUT2D eigenvalue weighted by Gasteiger charge is -2.09. The summed E-state index contributed by atoms with van der Waals surface area (Å²) in [6.07, 6.45) is 19.8. The molecule has 0 rings (SSSR count). The third-order valence-electron chi connectivity index (χ3n) is 2.54. The Balaban J connectivity index is -0.000000362. The minimum Gasteiger partial charge on any atom is -0.0989 e. The minimum atomic E-state index is -0.117. The second kappa shape index (κ2) is 28.3. The molecular weight excluding hydrogens is 332 g/mol. The van der Waals surface area contributed by atoms with Crippen molar-refractivity contribution in [1.82, 2.24) is 0 Å². The molecule has 0 aliphatic rings. The zero-order valence-electron chi connectivity index (χ0n) is 19.2. The van der Waals surface area contributed by atoms with Crippen molar-refractivity contribution in [1.29, 1.82) is 0 Å². The summed E-state index contributed by atoms with van der Waals surface area (Å²) in [6.45, 7) is 28.2. The molecule has 0 aliphatic heterocycles. The number of rotatable bonds is 8. The van der Waals surface area contributed by atoms with Crippen molar-refractivity contribution in [3.05, 3.63) is 82.6 Å². The van der Waals surface area contributed by atoms with Gasteiger partial charge < -0.3 is 0 Å². The van der Waals surface area contributed by atoms with Crippen LogP contribution < -0.4 is 0 Å². The largest absolute Gasteiger partial charge is 0.166 e. The lowest BCUT2D eigenvalue weighted by Crippen LogP contribution is -2.08. The SMILES string of the molecule is C=C/C=C(\C=C/C)[S+](/C(C=C)=C/CC)C(/C=C\C)=C/C.CC.CC.CC. The Labute approximate surface area is 169 Å². The van der Waals surface area contributed by atoms with Crippen LogP contribution in [-0.2, 0) is 10.9 Å². The maximum Gasteiger partial charge on any atom is 0.166 e. The van der Waals surface area contributed by atoms with Gasteiger partial charge in [-0.1, -0.05) is 79.9 Å². The molecule has 26 heavy (non-hydrogen) atoms. The van der Waals surface area contributed by atoms with Crippen molar-refractivity contribution in [3.63, 3.8) is 0 Å². The Morgan fingerprint density at radius 3 is 1.54 bits per heavy atom. The van der Waals surface area contributed by atoms with Crippen molar-refractivity contribution < 1.29 is 0 Å². The Hall–Kier alpha value is -1.47. The van der Waals surface area contributed by atoms with Crippen LogP contribution in [0, 0.1) is 0 Å². The fraction of sp³-hybridized carbons (Fsp3) is 0.440. The van der Waals surface area contributed by atoms with Crippen LogP contribution in [0.3, 0.4) is 0 Å². The predicted molar refractivity (Wildman–Crippen MR) is 132 cm³/mol. The van der Waals surface area contributed by atoms with Gasteiger partial charge in [0, 0.05) is 0 Å². The standard InChI is InChI=1S/C19H27S.3C2H6/c1-7-13-17(11-5)20(18(12-6)14-8-2)19(15-9-3)16-10-4;3*1-2/h8-16H,3,5,7H2,1-2,4,6H3;3*1-2H3/q+1;;;/b14-8-,16-10-,17-13+,18-12+,19-15+;;;. The molecule has 1 unspecified atom stereocenters. The van der Waals surface area contributed by atoms with E-state index in [-0.39, 0.29) is 10.9 Å². The van der Waals surface area contributed by atoms with Gasteiger partial charge in [-0.25, -0.2) is 0 Å². The highest BCUT2D eigenvalue weighted by atomic mass is 32.2. The molecule has 0 bridgehead atoms. The average molecular weight is 378 g/mol. The van der Waals surface area contributed by atoms with Crippen molar-refractivity contribution in [2.75, 3.05) is 0 Å². The van der Waals surface area contributed by atoms with E-state index >= 15 is 0 Å². The van der Waals surface area contributed by atoms with Gasteiger partial charge in [-0.3, -0.25) is 0 Å². The van der Waals surface area contributed by atoms with Gasteiger partial charge in [0.2, 0.25) is 0 Å². The topological polar surface area (TPSA) is 0 Å². The first-order chi connectivity index (χ1) is 12.7. The van der Waals surface area contributed by atoms with Gasteiger partial charge in [-0.05, 0) is 63.6 Å². The predicted octanol–water partition coefficient (Wildman–Crippen LogP) is 9.29. The highest BCUT2D eigenvalue weighted by molar-refractivity contribution is 8.08. The molecule has 0 radical (unpaired) electrons. The highest BCUT2D eigenvalue weighted by Gasteiger charge is 2.30. The molecule has 0 aromatic heterocycles. The first-order valence-corrected chi connectivity index (χ1v) is 11.2. The fourth-order valence-corrected chi connectivity index (χ4v) is 4.11. The van der Waals surface area contributed by atoms with E-state index in [1.165, 1.54) is 14.7 Å². The van der Waals surface area contributed by atoms with Crippen LogP contribution in [0.5, 0.6) is 0 Å². The van der Waals surface area contributed by atoms with E-state index in [0.29, 0.717) is 0 Å². The molecule has 0 nitrogen and oxygen atoms in total. The van der Waals surface area contributed by atoms with Crippen molar-refractivity contribution in [3.8, 4) is 0 Å². The molecule has 0 saturated carbocycles. The molecule has 0 aromatic rings. The third-order valence-corrected chi connectivity index (χ3v) is 4.93. The summed E-state index contributed by atoms with van der Waals surface area (Å²) >= 11 is 0. The van der Waals surface area contributed by atoms with E-state index in [1.807, 2.05) is 60.6 Å². The van der Waals surface area contributed by atoms with Crippen LogP contribution in [0.15, 0.2) is 82.6 Å². The molecule has 0 aromatic carbocycles. The van der Waals surface area contributed by atoms with E-state index in [0.717, 1.165) is 6.42 Å². The van der Waals surface area contributed by atoms with Gasteiger partial charge in [0.15, 0.2) is 14.7 Å². The maximum absolute atomic E-state index is 3.99. The van der Waals surface area contributed by atoms with Crippen LogP contribution in [0.4, 0.5) is 0 Å². The van der Waals surface area contributed by atoms with E-state index in [1.54, 1.807) is 0 Å². The van der Waals surface area contributed by atoms with Gasteiger partial charge in [0.05, 0.1) is 10.9 Å². The summed E-state index contributed by atoms with van der Waals surface area (Å²) in [6, 6.07) is 0. The quantitative estimate of drug-likeness (QED) is 0.292. The fourth-order valence-electron chi connectivity index (χ4n) is 1.78. The second-order valence-electron chi connectivity index (χ2n) is 4.02. The molecule has 0 spiro atoms. The maximum atomic E-state index is 3.99. The molecule has 0 saturated heterocycles. The van der Waals surface area contributed by atoms with E-state index in [2.05, 4.69) is 76.5 Å². The van der Waals surface area contributed by atoms with Gasteiger partial charge in [0.1, 0.15) is 0 Å². The number of hydrogen-bond donors (Lipinski definition) is 0. The summed E-state index contributed by atoms with van der Waals surface area (Å²) in [5.74, 6) is 0. The van der Waals surface area contributed by atoms with Crippen molar-refractivity contribution in [2.24, 2.45) is 0 Å². The Kier molecular flexibility index (Phi) is 35.1. The van der Waals surface area contributed by atoms with Crippen LogP contribution >= 0.6 is 0 Å². The van der Waals surface area contributed by atoms with Gasteiger partial charge in [-0.2, -0.15) is 0 Å². The summed E-state index contributed by atoms with van der Waals surface area (Å²) < 4.78 is 0. The summed E-state index contributed by atoms with van der Waals surface area (Å²) in [7, 11) is -0.117. The summed E-state index contributed by atoms with van der Waals surface area (Å²) in [5.41, 5.74) is 0. The van der Waals surface area contributed by atoms with Crippen LogP contribution in [0.25, 0.3) is 0 Å². The number of hydrogen-bond acceptors (Lipinski definition) is 0.